The molecule has 1 aromatic carbocycles. The van der Waals surface area contributed by atoms with Gasteiger partial charge in [0.25, 0.3) is 0 Å². The summed E-state index contributed by atoms with van der Waals surface area (Å²) in [5.74, 6) is 3.35. The topological polar surface area (TPSA) is 18.5 Å². The number of rotatable bonds is 3. The van der Waals surface area contributed by atoms with Gasteiger partial charge in [0.15, 0.2) is 0 Å². The Bertz CT molecular complexity index is 498. The summed E-state index contributed by atoms with van der Waals surface area (Å²) >= 11 is 0. The zero-order valence-electron chi connectivity index (χ0n) is 10.7. The Morgan fingerprint density at radius 2 is 1.89 bits per heavy atom. The van der Waals surface area contributed by atoms with Crippen molar-refractivity contribution in [3.63, 3.8) is 0 Å². The maximum atomic E-state index is 6.44. The van der Waals surface area contributed by atoms with E-state index >= 15 is 0 Å². The van der Waals surface area contributed by atoms with Crippen molar-refractivity contribution in [1.29, 1.82) is 0 Å². The lowest BCUT2D eigenvalue weighted by Gasteiger charge is -2.36. The molecule has 0 radical (unpaired) electrons. The highest BCUT2D eigenvalue weighted by Gasteiger charge is 2.55. The highest BCUT2D eigenvalue weighted by atomic mass is 16.5. The fraction of sp³-hybridized carbons (Fsp3) is 0.500. The van der Waals surface area contributed by atoms with E-state index in [2.05, 4.69) is 18.2 Å². The molecule has 0 spiro atoms. The quantitative estimate of drug-likeness (QED) is 0.805. The van der Waals surface area contributed by atoms with Crippen molar-refractivity contribution >= 4 is 6.08 Å². The Kier molecular flexibility index (Phi) is 2.06. The fourth-order valence-corrected chi connectivity index (χ4v) is 3.15. The molecule has 2 heteroatoms. The van der Waals surface area contributed by atoms with Crippen LogP contribution in [-0.2, 0) is 0 Å². The zero-order chi connectivity index (χ0) is 12.2. The van der Waals surface area contributed by atoms with Crippen molar-refractivity contribution in [3.05, 3.63) is 29.8 Å². The van der Waals surface area contributed by atoms with Gasteiger partial charge >= 0.3 is 0 Å². The van der Waals surface area contributed by atoms with Crippen LogP contribution in [-0.4, -0.2) is 12.7 Å². The van der Waals surface area contributed by atoms with Crippen molar-refractivity contribution in [2.75, 3.05) is 7.11 Å². The SMILES string of the molecule is COc1ccc2c(c1)OC(C1CC1)(C1CC1)C=C2. The Hall–Kier alpha value is -1.44. The first-order chi connectivity index (χ1) is 8.82. The van der Waals surface area contributed by atoms with Gasteiger partial charge in [-0.1, -0.05) is 6.08 Å². The zero-order valence-corrected chi connectivity index (χ0v) is 10.7. The normalized spacial score (nSPS) is 24.3. The summed E-state index contributed by atoms with van der Waals surface area (Å²) in [6, 6.07) is 6.10. The average Bonchev–Trinajstić information content (AvgIpc) is 3.29. The molecule has 2 aliphatic carbocycles. The third kappa shape index (κ3) is 1.48. The number of fused-ring (bicyclic) bond motifs is 1. The molecular formula is C16H18O2. The van der Waals surface area contributed by atoms with Gasteiger partial charge < -0.3 is 9.47 Å². The first-order valence-electron chi connectivity index (χ1n) is 6.88. The molecule has 2 saturated carbocycles. The van der Waals surface area contributed by atoms with Crippen LogP contribution in [0.1, 0.15) is 31.2 Å². The van der Waals surface area contributed by atoms with E-state index < -0.39 is 0 Å². The molecule has 1 heterocycles. The summed E-state index contributed by atoms with van der Waals surface area (Å²) in [4.78, 5) is 0. The lowest BCUT2D eigenvalue weighted by atomic mass is 9.88. The van der Waals surface area contributed by atoms with Gasteiger partial charge in [0.1, 0.15) is 17.1 Å². The average molecular weight is 242 g/mol. The van der Waals surface area contributed by atoms with E-state index in [0.717, 1.165) is 23.3 Å². The predicted octanol–water partition coefficient (Wildman–Crippen LogP) is 3.66. The number of methoxy groups -OCH3 is 1. The van der Waals surface area contributed by atoms with Crippen LogP contribution >= 0.6 is 0 Å². The molecule has 0 aromatic heterocycles. The van der Waals surface area contributed by atoms with Crippen molar-refractivity contribution in [2.45, 2.75) is 31.3 Å². The summed E-state index contributed by atoms with van der Waals surface area (Å²) < 4.78 is 11.7. The second-order valence-electron chi connectivity index (χ2n) is 5.74. The van der Waals surface area contributed by atoms with E-state index in [1.807, 2.05) is 12.1 Å². The molecule has 4 rings (SSSR count). The molecule has 0 atom stereocenters. The van der Waals surface area contributed by atoms with Gasteiger partial charge in [-0.2, -0.15) is 0 Å². The summed E-state index contributed by atoms with van der Waals surface area (Å²) in [6.45, 7) is 0. The molecule has 0 bridgehead atoms. The summed E-state index contributed by atoms with van der Waals surface area (Å²) in [5, 5.41) is 0. The van der Waals surface area contributed by atoms with Gasteiger partial charge in [0, 0.05) is 23.5 Å². The fourth-order valence-electron chi connectivity index (χ4n) is 3.15. The largest absolute Gasteiger partial charge is 0.497 e. The molecule has 2 nitrogen and oxygen atoms in total. The molecule has 0 saturated heterocycles. The molecule has 0 unspecified atom stereocenters. The molecule has 0 amide bonds. The third-order valence-corrected chi connectivity index (χ3v) is 4.46. The lowest BCUT2D eigenvalue weighted by Crippen LogP contribution is -2.40. The van der Waals surface area contributed by atoms with Crippen LogP contribution in [0.2, 0.25) is 0 Å². The molecule has 3 aliphatic rings. The minimum absolute atomic E-state index is 0.000630. The Balaban J connectivity index is 1.74. The molecule has 1 aromatic rings. The van der Waals surface area contributed by atoms with Gasteiger partial charge in [0.05, 0.1) is 7.11 Å². The van der Waals surface area contributed by atoms with Crippen molar-refractivity contribution in [3.8, 4) is 11.5 Å². The number of ether oxygens (including phenoxy) is 2. The molecular weight excluding hydrogens is 224 g/mol. The van der Waals surface area contributed by atoms with Crippen LogP contribution in [0.15, 0.2) is 24.3 Å². The molecule has 1 aliphatic heterocycles. The van der Waals surface area contributed by atoms with Crippen molar-refractivity contribution in [1.82, 2.24) is 0 Å². The van der Waals surface area contributed by atoms with Crippen molar-refractivity contribution in [2.24, 2.45) is 11.8 Å². The molecule has 94 valence electrons. The first kappa shape index (κ1) is 10.5. The van der Waals surface area contributed by atoms with Crippen LogP contribution in [0.3, 0.4) is 0 Å². The molecule has 2 fully saturated rings. The van der Waals surface area contributed by atoms with Gasteiger partial charge in [-0.05, 0) is 43.9 Å². The maximum absolute atomic E-state index is 6.44. The van der Waals surface area contributed by atoms with E-state index in [9.17, 15) is 0 Å². The maximum Gasteiger partial charge on any atom is 0.133 e. The summed E-state index contributed by atoms with van der Waals surface area (Å²) in [6.07, 6.45) is 9.85. The van der Waals surface area contributed by atoms with Crippen LogP contribution in [0.25, 0.3) is 6.08 Å². The van der Waals surface area contributed by atoms with Crippen LogP contribution < -0.4 is 9.47 Å². The number of benzene rings is 1. The van der Waals surface area contributed by atoms with E-state index in [1.54, 1.807) is 7.11 Å². The Morgan fingerprint density at radius 1 is 1.17 bits per heavy atom. The van der Waals surface area contributed by atoms with E-state index in [1.165, 1.54) is 31.2 Å². The molecule has 18 heavy (non-hydrogen) atoms. The lowest BCUT2D eigenvalue weighted by molar-refractivity contribution is 0.0695. The first-order valence-corrected chi connectivity index (χ1v) is 6.88. The summed E-state index contributed by atoms with van der Waals surface area (Å²) in [5.41, 5.74) is 1.17. The van der Waals surface area contributed by atoms with E-state index in [0.29, 0.717) is 0 Å². The van der Waals surface area contributed by atoms with Crippen LogP contribution in [0, 0.1) is 11.8 Å². The minimum atomic E-state index is -0.000630. The second-order valence-corrected chi connectivity index (χ2v) is 5.74. The van der Waals surface area contributed by atoms with Crippen LogP contribution in [0.4, 0.5) is 0 Å². The minimum Gasteiger partial charge on any atom is -0.497 e. The predicted molar refractivity (Wildman–Crippen MR) is 70.8 cm³/mol. The van der Waals surface area contributed by atoms with Crippen LogP contribution in [0.5, 0.6) is 11.5 Å². The van der Waals surface area contributed by atoms with Crippen molar-refractivity contribution < 1.29 is 9.47 Å². The second kappa shape index (κ2) is 3.53. The smallest absolute Gasteiger partial charge is 0.133 e. The summed E-state index contributed by atoms with van der Waals surface area (Å²) in [7, 11) is 1.70. The highest BCUT2D eigenvalue weighted by molar-refractivity contribution is 5.63. The van der Waals surface area contributed by atoms with E-state index in [-0.39, 0.29) is 5.60 Å². The van der Waals surface area contributed by atoms with Gasteiger partial charge in [-0.25, -0.2) is 0 Å². The third-order valence-electron chi connectivity index (χ3n) is 4.46. The number of hydrogen-bond donors (Lipinski definition) is 0. The van der Waals surface area contributed by atoms with E-state index in [4.69, 9.17) is 9.47 Å². The highest BCUT2D eigenvalue weighted by Crippen LogP contribution is 2.56. The Labute approximate surface area is 108 Å². The van der Waals surface area contributed by atoms with Gasteiger partial charge in [-0.3, -0.25) is 0 Å². The van der Waals surface area contributed by atoms with Gasteiger partial charge in [-0.15, -0.1) is 0 Å². The van der Waals surface area contributed by atoms with Gasteiger partial charge in [0.2, 0.25) is 0 Å². The molecule has 0 N–H and O–H groups in total. The Morgan fingerprint density at radius 3 is 2.50 bits per heavy atom. The monoisotopic (exact) mass is 242 g/mol. The number of hydrogen-bond acceptors (Lipinski definition) is 2. The standard InChI is InChI=1S/C16H18O2/c1-17-14-7-2-11-8-9-16(12-3-4-12,13-5-6-13)18-15(11)10-14/h2,7-10,12-13H,3-6H2,1H3.